The molecule has 5 aromatic rings. The Labute approximate surface area is 239 Å². The van der Waals surface area contributed by atoms with Gasteiger partial charge in [-0.1, -0.05) is 18.2 Å². The van der Waals surface area contributed by atoms with Gasteiger partial charge in [-0.3, -0.25) is 18.8 Å². The van der Waals surface area contributed by atoms with Gasteiger partial charge < -0.3 is 15.8 Å². The van der Waals surface area contributed by atoms with Crippen molar-refractivity contribution in [2.24, 2.45) is 13.0 Å². The van der Waals surface area contributed by atoms with Gasteiger partial charge in [-0.05, 0) is 60.7 Å². The molecule has 0 bridgehead atoms. The third kappa shape index (κ3) is 4.95. The molecule has 42 heavy (non-hydrogen) atoms. The lowest BCUT2D eigenvalue weighted by atomic mass is 10.0. The second-order valence-corrected chi connectivity index (χ2v) is 10.8. The zero-order valence-corrected chi connectivity index (χ0v) is 22.7. The van der Waals surface area contributed by atoms with Crippen molar-refractivity contribution in [2.75, 3.05) is 11.1 Å². The van der Waals surface area contributed by atoms with Crippen LogP contribution in [0.25, 0.3) is 27.8 Å². The summed E-state index contributed by atoms with van der Waals surface area (Å²) < 4.78 is 24.0. The van der Waals surface area contributed by atoms with E-state index in [4.69, 9.17) is 10.5 Å². The molecule has 0 saturated heterocycles. The monoisotopic (exact) mass is 566 g/mol. The van der Waals surface area contributed by atoms with Crippen LogP contribution in [-0.2, 0) is 23.2 Å². The third-order valence-corrected chi connectivity index (χ3v) is 7.56. The predicted octanol–water partition coefficient (Wildman–Crippen LogP) is 4.37. The second kappa shape index (κ2) is 10.1. The first kappa shape index (κ1) is 25.8. The number of nitrogens with one attached hydrogen (secondary N) is 1. The maximum absolute atomic E-state index is 15.3. The minimum atomic E-state index is -0.553. The van der Waals surface area contributed by atoms with E-state index < -0.39 is 11.4 Å². The molecule has 2 fully saturated rings. The summed E-state index contributed by atoms with van der Waals surface area (Å²) in [6.45, 7) is -0.147. The van der Waals surface area contributed by atoms with Crippen molar-refractivity contribution in [3.63, 3.8) is 0 Å². The number of nitrogen functional groups attached to an aromatic ring is 1. The summed E-state index contributed by atoms with van der Waals surface area (Å²) in [6, 6.07) is 10.3. The van der Waals surface area contributed by atoms with Crippen molar-refractivity contribution in [2.45, 2.75) is 38.2 Å². The van der Waals surface area contributed by atoms with Gasteiger partial charge in [0.2, 0.25) is 11.9 Å². The molecule has 2 saturated carbocycles. The number of carbonyl (C=O) groups is 1. The molecular weight excluding hydrogens is 539 g/mol. The van der Waals surface area contributed by atoms with Crippen LogP contribution in [0.4, 0.5) is 22.0 Å². The molecule has 0 atom stereocenters. The highest BCUT2D eigenvalue weighted by Gasteiger charge is 2.32. The number of nitrogens with two attached hydrogens (primary N) is 1. The smallest absolute Gasteiger partial charge is 0.309 e. The summed E-state index contributed by atoms with van der Waals surface area (Å²) in [5.74, 6) is -0.273. The Balaban J connectivity index is 1.35. The van der Waals surface area contributed by atoms with Crippen LogP contribution in [0.5, 0.6) is 0 Å². The van der Waals surface area contributed by atoms with Crippen LogP contribution < -0.4 is 16.6 Å². The topological polar surface area (TPSA) is 143 Å². The van der Waals surface area contributed by atoms with Crippen LogP contribution in [0.2, 0.25) is 0 Å². The van der Waals surface area contributed by atoms with Crippen LogP contribution in [0.1, 0.15) is 42.7 Å². The number of pyridine rings is 1. The van der Waals surface area contributed by atoms with Gasteiger partial charge in [0.1, 0.15) is 12.4 Å². The highest BCUT2D eigenvalue weighted by molar-refractivity contribution is 5.84. The van der Waals surface area contributed by atoms with Gasteiger partial charge in [-0.25, -0.2) is 4.39 Å². The molecule has 3 N–H and O–H groups in total. The number of benzene rings is 2. The Kier molecular flexibility index (Phi) is 6.18. The van der Waals surface area contributed by atoms with Gasteiger partial charge in [0.25, 0.3) is 5.56 Å². The molecule has 2 aromatic carbocycles. The molecule has 0 radical (unpaired) electrons. The summed E-state index contributed by atoms with van der Waals surface area (Å²) in [4.78, 5) is 39.4. The van der Waals surface area contributed by atoms with Crippen molar-refractivity contribution in [3.8, 4) is 17.1 Å². The fraction of sp³-hybridized carbons (Fsp3) is 0.267. The van der Waals surface area contributed by atoms with Crippen LogP contribution >= 0.6 is 0 Å². The lowest BCUT2D eigenvalue weighted by Gasteiger charge is -2.17. The fourth-order valence-corrected chi connectivity index (χ4v) is 5.12. The molecule has 0 amide bonds. The minimum absolute atomic E-state index is 0.000547. The SMILES string of the molecule is Cn1cc(Nc2nc(N)nc(-c3cccc(-n4ccc5cc(C6CC6)cc(F)c5c4=O)c3COC(=O)C3CC3)n2)cn1. The van der Waals surface area contributed by atoms with E-state index in [9.17, 15) is 9.59 Å². The maximum atomic E-state index is 15.3. The van der Waals surface area contributed by atoms with E-state index in [2.05, 4.69) is 25.4 Å². The second-order valence-electron chi connectivity index (χ2n) is 10.8. The molecule has 212 valence electrons. The Hall–Kier alpha value is -5.13. The first-order valence-electron chi connectivity index (χ1n) is 13.8. The third-order valence-electron chi connectivity index (χ3n) is 7.56. The molecule has 0 spiro atoms. The molecule has 2 aliphatic rings. The highest BCUT2D eigenvalue weighted by atomic mass is 19.1. The number of fused-ring (bicyclic) bond motifs is 1. The van der Waals surface area contributed by atoms with Crippen LogP contribution in [-0.4, -0.2) is 35.3 Å². The summed E-state index contributed by atoms with van der Waals surface area (Å²) in [6.07, 6.45) is 8.60. The van der Waals surface area contributed by atoms with Crippen LogP contribution in [0.3, 0.4) is 0 Å². The van der Waals surface area contributed by atoms with Crippen molar-refractivity contribution in [3.05, 3.63) is 82.3 Å². The molecule has 0 unspecified atom stereocenters. The van der Waals surface area contributed by atoms with Gasteiger partial charge in [0.15, 0.2) is 5.82 Å². The molecular formula is C30H27FN8O3. The summed E-state index contributed by atoms with van der Waals surface area (Å²) >= 11 is 0. The van der Waals surface area contributed by atoms with E-state index in [0.29, 0.717) is 33.8 Å². The summed E-state index contributed by atoms with van der Waals surface area (Å²) in [5.41, 5.74) is 8.47. The zero-order chi connectivity index (χ0) is 29.0. The zero-order valence-electron chi connectivity index (χ0n) is 22.7. The number of aryl methyl sites for hydroxylation is 1. The number of aromatic nitrogens is 6. The average molecular weight is 567 g/mol. The Morgan fingerprint density at radius 3 is 2.71 bits per heavy atom. The quantitative estimate of drug-likeness (QED) is 0.262. The normalized spacial score (nSPS) is 14.7. The lowest BCUT2D eigenvalue weighted by Crippen LogP contribution is -2.21. The molecule has 3 heterocycles. The number of rotatable bonds is 8. The maximum Gasteiger partial charge on any atom is 0.309 e. The van der Waals surface area contributed by atoms with E-state index in [-0.39, 0.29) is 41.6 Å². The molecule has 12 heteroatoms. The molecule has 7 rings (SSSR count). The van der Waals surface area contributed by atoms with E-state index in [0.717, 1.165) is 31.2 Å². The standard InChI is InChI=1S/C30H27FN8O3/c1-38-14-20(13-33-38)34-30-36-26(35-29(32)37-30)21-3-2-4-24(22(21)15-42-28(41)17-7-8-17)39-10-9-18-11-19(16-5-6-16)12-23(31)25(18)27(39)40/h2-4,9-14,16-17H,5-8,15H2,1H3,(H3,32,34,35,36,37). The van der Waals surface area contributed by atoms with Crippen LogP contribution in [0.15, 0.2) is 59.8 Å². The minimum Gasteiger partial charge on any atom is -0.460 e. The van der Waals surface area contributed by atoms with Gasteiger partial charge in [0.05, 0.1) is 28.9 Å². The van der Waals surface area contributed by atoms with E-state index in [1.165, 1.54) is 10.6 Å². The van der Waals surface area contributed by atoms with Gasteiger partial charge in [-0.15, -0.1) is 0 Å². The Morgan fingerprint density at radius 2 is 1.98 bits per heavy atom. The van der Waals surface area contributed by atoms with Crippen molar-refractivity contribution in [1.82, 2.24) is 29.3 Å². The lowest BCUT2D eigenvalue weighted by molar-refractivity contribution is -0.146. The fourth-order valence-electron chi connectivity index (χ4n) is 5.12. The van der Waals surface area contributed by atoms with Crippen molar-refractivity contribution >= 4 is 34.3 Å². The summed E-state index contributed by atoms with van der Waals surface area (Å²) in [5, 5.41) is 7.74. The summed E-state index contributed by atoms with van der Waals surface area (Å²) in [7, 11) is 1.78. The molecule has 3 aromatic heterocycles. The number of esters is 1. The van der Waals surface area contributed by atoms with E-state index in [1.807, 2.05) is 6.07 Å². The number of anilines is 3. The Morgan fingerprint density at radius 1 is 1.14 bits per heavy atom. The molecule has 2 aliphatic carbocycles. The number of nitrogens with zero attached hydrogens (tertiary/aromatic N) is 6. The number of ether oxygens (including phenoxy) is 1. The van der Waals surface area contributed by atoms with Gasteiger partial charge >= 0.3 is 5.97 Å². The Bertz CT molecular complexity index is 1930. The van der Waals surface area contributed by atoms with E-state index in [1.54, 1.807) is 54.6 Å². The largest absolute Gasteiger partial charge is 0.460 e. The first-order chi connectivity index (χ1) is 20.3. The van der Waals surface area contributed by atoms with Gasteiger partial charge in [-0.2, -0.15) is 20.1 Å². The van der Waals surface area contributed by atoms with E-state index >= 15 is 4.39 Å². The van der Waals surface area contributed by atoms with Crippen molar-refractivity contribution in [1.29, 1.82) is 0 Å². The number of halogens is 1. The number of hydrogen-bond donors (Lipinski definition) is 2. The van der Waals surface area contributed by atoms with Crippen LogP contribution in [0, 0.1) is 11.7 Å². The molecule has 11 nitrogen and oxygen atoms in total. The van der Waals surface area contributed by atoms with Gasteiger partial charge in [0, 0.05) is 30.6 Å². The number of hydrogen-bond acceptors (Lipinski definition) is 9. The first-order valence-corrected chi connectivity index (χ1v) is 13.8. The number of carbonyl (C=O) groups excluding carboxylic acids is 1. The average Bonchev–Trinajstić information content (AvgIpc) is 3.89. The highest BCUT2D eigenvalue weighted by Crippen LogP contribution is 2.41. The predicted molar refractivity (Wildman–Crippen MR) is 154 cm³/mol. The van der Waals surface area contributed by atoms with Crippen molar-refractivity contribution < 1.29 is 13.9 Å². The molecule has 0 aliphatic heterocycles.